The molecule has 0 bridgehead atoms. The fraction of sp³-hybridized carbons (Fsp3) is 0.500. The SMILES string of the molecule is Cc1nc2ccccn2c1CC(=O)N1CCCO[C@@H](C)C1. The molecular weight excluding hydrogens is 266 g/mol. The van der Waals surface area contributed by atoms with E-state index in [1.54, 1.807) is 0 Å². The number of hydrogen-bond donors (Lipinski definition) is 0. The summed E-state index contributed by atoms with van der Waals surface area (Å²) in [5.41, 5.74) is 2.80. The van der Waals surface area contributed by atoms with Gasteiger partial charge in [0.05, 0.1) is 23.9 Å². The highest BCUT2D eigenvalue weighted by atomic mass is 16.5. The van der Waals surface area contributed by atoms with Gasteiger partial charge in [0.15, 0.2) is 0 Å². The predicted molar refractivity (Wildman–Crippen MR) is 80.2 cm³/mol. The maximum Gasteiger partial charge on any atom is 0.228 e. The monoisotopic (exact) mass is 287 g/mol. The van der Waals surface area contributed by atoms with E-state index in [4.69, 9.17) is 4.74 Å². The molecule has 0 aliphatic carbocycles. The van der Waals surface area contributed by atoms with Gasteiger partial charge in [-0.3, -0.25) is 4.79 Å². The average molecular weight is 287 g/mol. The summed E-state index contributed by atoms with van der Waals surface area (Å²) in [6.07, 6.45) is 3.37. The zero-order chi connectivity index (χ0) is 14.8. The van der Waals surface area contributed by atoms with Gasteiger partial charge in [-0.1, -0.05) is 6.07 Å². The van der Waals surface area contributed by atoms with Crippen molar-refractivity contribution >= 4 is 11.6 Å². The Hall–Kier alpha value is -1.88. The second kappa shape index (κ2) is 5.85. The van der Waals surface area contributed by atoms with Crippen molar-refractivity contribution in [3.05, 3.63) is 35.8 Å². The highest BCUT2D eigenvalue weighted by Crippen LogP contribution is 2.14. The standard InChI is InChI=1S/C16H21N3O2/c1-12-11-18(7-5-9-21-12)16(20)10-14-13(2)17-15-6-3-4-8-19(14)15/h3-4,6,8,12H,5,7,9-11H2,1-2H3/t12-/m0/s1. The van der Waals surface area contributed by atoms with Gasteiger partial charge in [-0.05, 0) is 32.4 Å². The van der Waals surface area contributed by atoms with Gasteiger partial charge in [-0.15, -0.1) is 0 Å². The number of carbonyl (C=O) groups is 1. The van der Waals surface area contributed by atoms with E-state index in [0.29, 0.717) is 13.0 Å². The number of pyridine rings is 1. The Morgan fingerprint density at radius 2 is 2.33 bits per heavy atom. The lowest BCUT2D eigenvalue weighted by molar-refractivity contribution is -0.131. The molecule has 5 heteroatoms. The first-order valence-corrected chi connectivity index (χ1v) is 7.47. The fourth-order valence-corrected chi connectivity index (χ4v) is 2.85. The van der Waals surface area contributed by atoms with Crippen molar-refractivity contribution in [2.24, 2.45) is 0 Å². The molecular formula is C16H21N3O2. The molecule has 0 saturated carbocycles. The molecule has 1 aliphatic rings. The van der Waals surface area contributed by atoms with Crippen molar-refractivity contribution in [3.8, 4) is 0 Å². The number of fused-ring (bicyclic) bond motifs is 1. The number of ether oxygens (including phenoxy) is 1. The quantitative estimate of drug-likeness (QED) is 0.846. The molecule has 112 valence electrons. The molecule has 1 atom stereocenters. The highest BCUT2D eigenvalue weighted by molar-refractivity contribution is 5.79. The molecule has 3 heterocycles. The lowest BCUT2D eigenvalue weighted by Gasteiger charge is -2.22. The minimum absolute atomic E-state index is 0.111. The summed E-state index contributed by atoms with van der Waals surface area (Å²) in [5.74, 6) is 0.154. The summed E-state index contributed by atoms with van der Waals surface area (Å²) in [6.45, 7) is 6.17. The molecule has 0 spiro atoms. The molecule has 3 rings (SSSR count). The van der Waals surface area contributed by atoms with Crippen molar-refractivity contribution in [1.82, 2.24) is 14.3 Å². The van der Waals surface area contributed by atoms with Crippen LogP contribution < -0.4 is 0 Å². The third-order valence-electron chi connectivity index (χ3n) is 3.95. The van der Waals surface area contributed by atoms with E-state index in [0.717, 1.165) is 36.6 Å². The molecule has 5 nitrogen and oxygen atoms in total. The second-order valence-corrected chi connectivity index (χ2v) is 5.62. The van der Waals surface area contributed by atoms with Gasteiger partial charge >= 0.3 is 0 Å². The van der Waals surface area contributed by atoms with Crippen LogP contribution in [0.5, 0.6) is 0 Å². The van der Waals surface area contributed by atoms with E-state index in [-0.39, 0.29) is 12.0 Å². The van der Waals surface area contributed by atoms with Crippen LogP contribution in [0.2, 0.25) is 0 Å². The number of nitrogens with zero attached hydrogens (tertiary/aromatic N) is 3. The number of amides is 1. The molecule has 2 aromatic heterocycles. The van der Waals surface area contributed by atoms with Crippen molar-refractivity contribution in [1.29, 1.82) is 0 Å². The molecule has 2 aromatic rings. The van der Waals surface area contributed by atoms with Crippen LogP contribution in [0.25, 0.3) is 5.65 Å². The summed E-state index contributed by atoms with van der Waals surface area (Å²) in [4.78, 5) is 19.0. The number of carbonyl (C=O) groups excluding carboxylic acids is 1. The molecule has 0 unspecified atom stereocenters. The second-order valence-electron chi connectivity index (χ2n) is 5.62. The third-order valence-corrected chi connectivity index (χ3v) is 3.95. The van der Waals surface area contributed by atoms with Crippen LogP contribution >= 0.6 is 0 Å². The highest BCUT2D eigenvalue weighted by Gasteiger charge is 2.22. The zero-order valence-corrected chi connectivity index (χ0v) is 12.6. The van der Waals surface area contributed by atoms with Gasteiger partial charge in [0, 0.05) is 25.9 Å². The summed E-state index contributed by atoms with van der Waals surface area (Å²) >= 11 is 0. The number of aryl methyl sites for hydroxylation is 1. The van der Waals surface area contributed by atoms with Crippen molar-refractivity contribution < 1.29 is 9.53 Å². The average Bonchev–Trinajstić information content (AvgIpc) is 2.64. The van der Waals surface area contributed by atoms with E-state index in [1.807, 2.05) is 47.5 Å². The van der Waals surface area contributed by atoms with E-state index >= 15 is 0 Å². The first kappa shape index (κ1) is 14.1. The minimum Gasteiger partial charge on any atom is -0.377 e. The van der Waals surface area contributed by atoms with Crippen LogP contribution in [0.1, 0.15) is 24.7 Å². The van der Waals surface area contributed by atoms with E-state index in [2.05, 4.69) is 4.98 Å². The van der Waals surface area contributed by atoms with Crippen molar-refractivity contribution in [3.63, 3.8) is 0 Å². The van der Waals surface area contributed by atoms with Crippen molar-refractivity contribution in [2.45, 2.75) is 32.8 Å². The number of aromatic nitrogens is 2. The van der Waals surface area contributed by atoms with Crippen LogP contribution in [-0.2, 0) is 16.0 Å². The maximum absolute atomic E-state index is 12.6. The Labute approximate surface area is 124 Å². The fourth-order valence-electron chi connectivity index (χ4n) is 2.85. The Kier molecular flexibility index (Phi) is 3.92. The molecule has 1 fully saturated rings. The smallest absolute Gasteiger partial charge is 0.228 e. The number of hydrogen-bond acceptors (Lipinski definition) is 3. The van der Waals surface area contributed by atoms with Crippen LogP contribution in [0.3, 0.4) is 0 Å². The van der Waals surface area contributed by atoms with Crippen LogP contribution in [-0.4, -0.2) is 46.0 Å². The summed E-state index contributed by atoms with van der Waals surface area (Å²) < 4.78 is 7.61. The maximum atomic E-state index is 12.6. The molecule has 1 aliphatic heterocycles. The first-order chi connectivity index (χ1) is 10.1. The molecule has 0 radical (unpaired) electrons. The van der Waals surface area contributed by atoms with Crippen LogP contribution in [0.4, 0.5) is 0 Å². The molecule has 1 saturated heterocycles. The van der Waals surface area contributed by atoms with Gasteiger partial charge < -0.3 is 14.0 Å². The molecule has 0 aromatic carbocycles. The Morgan fingerprint density at radius 1 is 1.48 bits per heavy atom. The van der Waals surface area contributed by atoms with Gasteiger partial charge in [-0.25, -0.2) is 4.98 Å². The Bertz CT molecular complexity index is 650. The van der Waals surface area contributed by atoms with Gasteiger partial charge in [-0.2, -0.15) is 0 Å². The number of imidazole rings is 1. The summed E-state index contributed by atoms with van der Waals surface area (Å²) in [7, 11) is 0. The van der Waals surface area contributed by atoms with Gasteiger partial charge in [0.2, 0.25) is 5.91 Å². The Morgan fingerprint density at radius 3 is 3.19 bits per heavy atom. The van der Waals surface area contributed by atoms with Crippen LogP contribution in [0, 0.1) is 6.92 Å². The normalized spacial score (nSPS) is 19.7. The topological polar surface area (TPSA) is 46.8 Å². The Balaban J connectivity index is 1.81. The summed E-state index contributed by atoms with van der Waals surface area (Å²) in [5, 5.41) is 0. The zero-order valence-electron chi connectivity index (χ0n) is 12.6. The predicted octanol–water partition coefficient (Wildman–Crippen LogP) is 1.82. The lowest BCUT2D eigenvalue weighted by atomic mass is 10.2. The molecule has 1 amide bonds. The van der Waals surface area contributed by atoms with Gasteiger partial charge in [0.1, 0.15) is 5.65 Å². The summed E-state index contributed by atoms with van der Waals surface area (Å²) in [6, 6.07) is 5.88. The van der Waals surface area contributed by atoms with Crippen molar-refractivity contribution in [2.75, 3.05) is 19.7 Å². The number of rotatable bonds is 2. The first-order valence-electron chi connectivity index (χ1n) is 7.47. The minimum atomic E-state index is 0.111. The van der Waals surface area contributed by atoms with E-state index in [9.17, 15) is 4.79 Å². The largest absolute Gasteiger partial charge is 0.377 e. The molecule has 21 heavy (non-hydrogen) atoms. The lowest BCUT2D eigenvalue weighted by Crippen LogP contribution is -2.37. The van der Waals surface area contributed by atoms with E-state index < -0.39 is 0 Å². The van der Waals surface area contributed by atoms with Crippen LogP contribution in [0.15, 0.2) is 24.4 Å². The molecule has 0 N–H and O–H groups in total. The van der Waals surface area contributed by atoms with E-state index in [1.165, 1.54) is 0 Å². The third kappa shape index (κ3) is 2.93. The van der Waals surface area contributed by atoms with Gasteiger partial charge in [0.25, 0.3) is 0 Å².